The van der Waals surface area contributed by atoms with Gasteiger partial charge in [-0.2, -0.15) is 0 Å². The van der Waals surface area contributed by atoms with Crippen molar-refractivity contribution >= 4 is 15.9 Å². The second-order valence-electron chi connectivity index (χ2n) is 4.43. The fourth-order valence-electron chi connectivity index (χ4n) is 2.21. The molecule has 15 heavy (non-hydrogen) atoms. The number of benzene rings is 1. The first-order valence-corrected chi connectivity index (χ1v) is 6.07. The maximum absolute atomic E-state index is 13.8. The summed E-state index contributed by atoms with van der Waals surface area (Å²) >= 11 is 3.40. The lowest BCUT2D eigenvalue weighted by Crippen LogP contribution is -2.38. The van der Waals surface area contributed by atoms with Crippen LogP contribution in [0.5, 0.6) is 0 Å². The molecule has 1 nitrogen and oxygen atoms in total. The van der Waals surface area contributed by atoms with Crippen molar-refractivity contribution in [1.82, 2.24) is 5.32 Å². The summed E-state index contributed by atoms with van der Waals surface area (Å²) in [5, 5.41) is 3.31. The number of hydrogen-bond acceptors (Lipinski definition) is 1. The van der Waals surface area contributed by atoms with Crippen LogP contribution in [-0.4, -0.2) is 13.1 Å². The number of halogens is 2. The molecule has 0 bridgehead atoms. The van der Waals surface area contributed by atoms with E-state index in [9.17, 15) is 4.39 Å². The first-order valence-electron chi connectivity index (χ1n) is 5.28. The summed E-state index contributed by atoms with van der Waals surface area (Å²) in [7, 11) is 0. The van der Waals surface area contributed by atoms with Crippen LogP contribution in [0, 0.1) is 5.82 Å². The van der Waals surface area contributed by atoms with Crippen LogP contribution < -0.4 is 5.32 Å². The van der Waals surface area contributed by atoms with Crippen LogP contribution in [0.4, 0.5) is 4.39 Å². The van der Waals surface area contributed by atoms with Crippen LogP contribution >= 0.6 is 15.9 Å². The Bertz CT molecular complexity index is 359. The summed E-state index contributed by atoms with van der Waals surface area (Å²) in [6.45, 7) is 4.10. The van der Waals surface area contributed by atoms with Crippen LogP contribution in [0.1, 0.15) is 25.3 Å². The van der Waals surface area contributed by atoms with Gasteiger partial charge in [-0.25, -0.2) is 4.39 Å². The highest BCUT2D eigenvalue weighted by Crippen LogP contribution is 2.35. The lowest BCUT2D eigenvalue weighted by atomic mass is 9.75. The fraction of sp³-hybridized carbons (Fsp3) is 0.500. The van der Waals surface area contributed by atoms with Crippen molar-refractivity contribution in [2.75, 3.05) is 13.1 Å². The topological polar surface area (TPSA) is 12.0 Å². The molecule has 1 aromatic carbocycles. The predicted molar refractivity (Wildman–Crippen MR) is 63.6 cm³/mol. The number of nitrogens with one attached hydrogen (secondary N) is 1. The van der Waals surface area contributed by atoms with Gasteiger partial charge in [0.2, 0.25) is 0 Å². The molecule has 0 unspecified atom stereocenters. The van der Waals surface area contributed by atoms with E-state index in [1.807, 2.05) is 6.07 Å². The highest BCUT2D eigenvalue weighted by Gasteiger charge is 2.31. The van der Waals surface area contributed by atoms with Crippen molar-refractivity contribution < 1.29 is 4.39 Å². The zero-order valence-corrected chi connectivity index (χ0v) is 10.4. The monoisotopic (exact) mass is 271 g/mol. The Morgan fingerprint density at radius 2 is 2.00 bits per heavy atom. The van der Waals surface area contributed by atoms with E-state index in [1.54, 1.807) is 12.1 Å². The quantitative estimate of drug-likeness (QED) is 0.827. The van der Waals surface area contributed by atoms with E-state index in [0.29, 0.717) is 0 Å². The third-order valence-electron chi connectivity index (χ3n) is 3.29. The molecule has 1 fully saturated rings. The summed E-state index contributed by atoms with van der Waals surface area (Å²) < 4.78 is 14.7. The van der Waals surface area contributed by atoms with Crippen molar-refractivity contribution in [3.8, 4) is 0 Å². The Morgan fingerprint density at radius 1 is 1.33 bits per heavy atom. The lowest BCUT2D eigenvalue weighted by Gasteiger charge is -2.34. The minimum absolute atomic E-state index is 0.0148. The molecule has 0 aliphatic carbocycles. The number of piperidine rings is 1. The molecule has 2 rings (SSSR count). The van der Waals surface area contributed by atoms with E-state index in [0.717, 1.165) is 36.0 Å². The van der Waals surface area contributed by atoms with E-state index in [2.05, 4.69) is 28.2 Å². The first kappa shape index (κ1) is 11.1. The Labute approximate surface area is 98.2 Å². The van der Waals surface area contributed by atoms with Gasteiger partial charge in [0, 0.05) is 4.47 Å². The van der Waals surface area contributed by atoms with Gasteiger partial charge in [-0.15, -0.1) is 0 Å². The molecule has 0 atom stereocenters. The predicted octanol–water partition coefficient (Wildman–Crippen LogP) is 3.23. The van der Waals surface area contributed by atoms with E-state index < -0.39 is 0 Å². The maximum atomic E-state index is 13.8. The Balaban J connectivity index is 2.38. The second-order valence-corrected chi connectivity index (χ2v) is 5.35. The molecular formula is C12H15BrFN. The van der Waals surface area contributed by atoms with E-state index in [1.165, 1.54) is 0 Å². The highest BCUT2D eigenvalue weighted by atomic mass is 79.9. The average Bonchev–Trinajstić information content (AvgIpc) is 2.23. The van der Waals surface area contributed by atoms with Crippen LogP contribution in [-0.2, 0) is 5.41 Å². The zero-order valence-electron chi connectivity index (χ0n) is 8.82. The molecule has 1 aromatic rings. The molecular weight excluding hydrogens is 257 g/mol. The van der Waals surface area contributed by atoms with E-state index >= 15 is 0 Å². The molecule has 0 aromatic heterocycles. The van der Waals surface area contributed by atoms with Gasteiger partial charge in [-0.05, 0) is 55.1 Å². The molecule has 1 saturated heterocycles. The summed E-state index contributed by atoms with van der Waals surface area (Å²) in [5.41, 5.74) is 0.831. The zero-order chi connectivity index (χ0) is 10.9. The first-order chi connectivity index (χ1) is 7.12. The molecule has 1 heterocycles. The summed E-state index contributed by atoms with van der Waals surface area (Å²) in [4.78, 5) is 0. The third-order valence-corrected chi connectivity index (χ3v) is 3.78. The van der Waals surface area contributed by atoms with E-state index in [-0.39, 0.29) is 11.2 Å². The minimum Gasteiger partial charge on any atom is -0.317 e. The van der Waals surface area contributed by atoms with Gasteiger partial charge < -0.3 is 5.32 Å². The van der Waals surface area contributed by atoms with Crippen molar-refractivity contribution in [2.24, 2.45) is 0 Å². The van der Waals surface area contributed by atoms with Gasteiger partial charge in [0.1, 0.15) is 5.82 Å². The van der Waals surface area contributed by atoms with Gasteiger partial charge in [-0.3, -0.25) is 0 Å². The summed E-state index contributed by atoms with van der Waals surface area (Å²) in [5.74, 6) is -0.0809. The molecule has 0 amide bonds. The van der Waals surface area contributed by atoms with Gasteiger partial charge in [0.05, 0.1) is 0 Å². The van der Waals surface area contributed by atoms with Crippen LogP contribution in [0.25, 0.3) is 0 Å². The van der Waals surface area contributed by atoms with Crippen molar-refractivity contribution in [3.05, 3.63) is 34.1 Å². The van der Waals surface area contributed by atoms with Gasteiger partial charge in [0.25, 0.3) is 0 Å². The molecule has 1 N–H and O–H groups in total. The van der Waals surface area contributed by atoms with E-state index in [4.69, 9.17) is 0 Å². The number of rotatable bonds is 1. The SMILES string of the molecule is CC1(c2cc(Br)ccc2F)CCNCC1. The van der Waals surface area contributed by atoms with Gasteiger partial charge in [-0.1, -0.05) is 22.9 Å². The van der Waals surface area contributed by atoms with Crippen LogP contribution in [0.2, 0.25) is 0 Å². The smallest absolute Gasteiger partial charge is 0.127 e. The molecule has 3 heteroatoms. The molecule has 0 spiro atoms. The highest BCUT2D eigenvalue weighted by molar-refractivity contribution is 9.10. The lowest BCUT2D eigenvalue weighted by molar-refractivity contribution is 0.324. The van der Waals surface area contributed by atoms with Crippen LogP contribution in [0.15, 0.2) is 22.7 Å². The Hall–Kier alpha value is -0.410. The molecule has 0 saturated carbocycles. The Kier molecular flexibility index (Phi) is 3.12. The largest absolute Gasteiger partial charge is 0.317 e. The molecule has 1 aliphatic heterocycles. The van der Waals surface area contributed by atoms with Gasteiger partial charge in [0.15, 0.2) is 0 Å². The molecule has 82 valence electrons. The normalized spacial score (nSPS) is 20.2. The second kappa shape index (κ2) is 4.22. The fourth-order valence-corrected chi connectivity index (χ4v) is 2.57. The molecule has 0 radical (unpaired) electrons. The van der Waals surface area contributed by atoms with Crippen molar-refractivity contribution in [1.29, 1.82) is 0 Å². The number of hydrogen-bond donors (Lipinski definition) is 1. The average molecular weight is 272 g/mol. The summed E-state index contributed by atoms with van der Waals surface area (Å²) in [6.07, 6.45) is 2.00. The maximum Gasteiger partial charge on any atom is 0.127 e. The van der Waals surface area contributed by atoms with Crippen LogP contribution in [0.3, 0.4) is 0 Å². The van der Waals surface area contributed by atoms with Crippen molar-refractivity contribution in [2.45, 2.75) is 25.2 Å². The van der Waals surface area contributed by atoms with Gasteiger partial charge >= 0.3 is 0 Å². The standard InChI is InChI=1S/C12H15BrFN/c1-12(4-6-15-7-5-12)10-8-9(13)2-3-11(10)14/h2-3,8,15H,4-7H2,1H3. The summed E-state index contributed by atoms with van der Waals surface area (Å²) in [6, 6.07) is 5.22. The Morgan fingerprint density at radius 3 is 2.67 bits per heavy atom. The third kappa shape index (κ3) is 2.23. The molecule has 1 aliphatic rings. The van der Waals surface area contributed by atoms with Crippen molar-refractivity contribution in [3.63, 3.8) is 0 Å². The minimum atomic E-state index is -0.0809.